The van der Waals surface area contributed by atoms with Crippen molar-refractivity contribution in [3.05, 3.63) is 58.7 Å². The van der Waals surface area contributed by atoms with Crippen LogP contribution >= 0.6 is 0 Å². The number of hydrogen-bond acceptors (Lipinski definition) is 4. The summed E-state index contributed by atoms with van der Waals surface area (Å²) in [7, 11) is 3.22. The van der Waals surface area contributed by atoms with E-state index in [2.05, 4.69) is 6.07 Å². The van der Waals surface area contributed by atoms with Crippen LogP contribution in [0.25, 0.3) is 0 Å². The molecule has 0 saturated carbocycles. The summed E-state index contributed by atoms with van der Waals surface area (Å²) >= 11 is 0. The number of methoxy groups -OCH3 is 2. The van der Waals surface area contributed by atoms with E-state index in [1.54, 1.807) is 33.3 Å². The fourth-order valence-electron chi connectivity index (χ4n) is 3.38. The lowest BCUT2D eigenvalue weighted by molar-refractivity contribution is -0.130. The summed E-state index contributed by atoms with van der Waals surface area (Å²) in [6.45, 7) is 2.23. The average molecular weight is 336 g/mol. The first kappa shape index (κ1) is 16.8. The number of carbonyl (C=O) groups excluding carboxylic acids is 1. The van der Waals surface area contributed by atoms with Crippen LogP contribution in [0.15, 0.2) is 36.4 Å². The first-order valence-electron chi connectivity index (χ1n) is 8.11. The maximum absolute atomic E-state index is 12.2. The van der Waals surface area contributed by atoms with Crippen LogP contribution in [0.5, 0.6) is 11.5 Å². The topological polar surface area (TPSA) is 62.6 Å². The standard InChI is InChI=1S/C20H20N2O3/c1-13(23)22-9-8-16-10-18(24-2)19(25-3)11-17(16)20(22)15-6-4-14(12-21)5-7-15/h4-7,10-11,20H,8-9H2,1-3H3. The van der Waals surface area contributed by atoms with Crippen molar-refractivity contribution in [2.24, 2.45) is 0 Å². The Bertz CT molecular complexity index is 837. The smallest absolute Gasteiger partial charge is 0.220 e. The van der Waals surface area contributed by atoms with E-state index in [1.165, 1.54) is 0 Å². The molecule has 5 nitrogen and oxygen atoms in total. The molecule has 1 aliphatic heterocycles. The van der Waals surface area contributed by atoms with Gasteiger partial charge in [-0.15, -0.1) is 0 Å². The number of hydrogen-bond donors (Lipinski definition) is 0. The van der Waals surface area contributed by atoms with Gasteiger partial charge in [0.15, 0.2) is 11.5 Å². The summed E-state index contributed by atoms with van der Waals surface area (Å²) < 4.78 is 10.9. The zero-order chi connectivity index (χ0) is 18.0. The molecule has 1 amide bonds. The number of carbonyl (C=O) groups is 1. The van der Waals surface area contributed by atoms with E-state index in [0.717, 1.165) is 23.1 Å². The zero-order valence-electron chi connectivity index (χ0n) is 14.6. The van der Waals surface area contributed by atoms with Crippen LogP contribution in [-0.2, 0) is 11.2 Å². The summed E-state index contributed by atoms with van der Waals surface area (Å²) in [5.74, 6) is 1.36. The first-order chi connectivity index (χ1) is 12.1. The summed E-state index contributed by atoms with van der Waals surface area (Å²) in [5.41, 5.74) is 3.75. The molecule has 0 aliphatic carbocycles. The van der Waals surface area contributed by atoms with Gasteiger partial charge in [-0.3, -0.25) is 4.79 Å². The Hall–Kier alpha value is -3.00. The normalized spacial score (nSPS) is 15.9. The van der Waals surface area contributed by atoms with Crippen molar-refractivity contribution in [2.45, 2.75) is 19.4 Å². The SMILES string of the molecule is COc1cc2c(cc1OC)C(c1ccc(C#N)cc1)N(C(C)=O)CC2. The number of fused-ring (bicyclic) bond motifs is 1. The molecule has 0 aromatic heterocycles. The van der Waals surface area contributed by atoms with Crippen molar-refractivity contribution < 1.29 is 14.3 Å². The largest absolute Gasteiger partial charge is 0.493 e. The van der Waals surface area contributed by atoms with E-state index in [9.17, 15) is 4.79 Å². The highest BCUT2D eigenvalue weighted by Gasteiger charge is 2.31. The molecule has 0 fully saturated rings. The van der Waals surface area contributed by atoms with Crippen LogP contribution in [0.2, 0.25) is 0 Å². The Morgan fingerprint density at radius 1 is 1.16 bits per heavy atom. The molecule has 2 aromatic rings. The quantitative estimate of drug-likeness (QED) is 0.864. The van der Waals surface area contributed by atoms with Gasteiger partial charge >= 0.3 is 0 Å². The lowest BCUT2D eigenvalue weighted by Gasteiger charge is -2.37. The molecule has 0 radical (unpaired) electrons. The first-order valence-corrected chi connectivity index (χ1v) is 8.11. The van der Waals surface area contributed by atoms with Crippen molar-refractivity contribution in [1.29, 1.82) is 5.26 Å². The molecule has 5 heteroatoms. The predicted molar refractivity (Wildman–Crippen MR) is 93.6 cm³/mol. The summed E-state index contributed by atoms with van der Waals surface area (Å²) in [6, 6.07) is 13.2. The van der Waals surface area contributed by atoms with E-state index in [-0.39, 0.29) is 11.9 Å². The van der Waals surface area contributed by atoms with Crippen molar-refractivity contribution in [3.63, 3.8) is 0 Å². The second kappa shape index (κ2) is 6.86. The molecule has 0 N–H and O–H groups in total. The maximum Gasteiger partial charge on any atom is 0.220 e. The van der Waals surface area contributed by atoms with Gasteiger partial charge in [0, 0.05) is 13.5 Å². The Morgan fingerprint density at radius 3 is 2.36 bits per heavy atom. The van der Waals surface area contributed by atoms with E-state index in [4.69, 9.17) is 14.7 Å². The second-order valence-electron chi connectivity index (χ2n) is 6.00. The Balaban J connectivity index is 2.15. The van der Waals surface area contributed by atoms with E-state index < -0.39 is 0 Å². The van der Waals surface area contributed by atoms with Crippen LogP contribution in [0.3, 0.4) is 0 Å². The Labute approximate surface area is 147 Å². The van der Waals surface area contributed by atoms with Crippen LogP contribution in [-0.4, -0.2) is 31.6 Å². The van der Waals surface area contributed by atoms with Gasteiger partial charge < -0.3 is 14.4 Å². The lowest BCUT2D eigenvalue weighted by Crippen LogP contribution is -2.39. The van der Waals surface area contributed by atoms with Crippen molar-refractivity contribution in [1.82, 2.24) is 4.90 Å². The van der Waals surface area contributed by atoms with Gasteiger partial charge in [0.2, 0.25) is 5.91 Å². The van der Waals surface area contributed by atoms with E-state index in [1.807, 2.05) is 29.2 Å². The Kier molecular flexibility index (Phi) is 4.62. The second-order valence-corrected chi connectivity index (χ2v) is 6.00. The average Bonchev–Trinajstić information content (AvgIpc) is 2.65. The third-order valence-corrected chi connectivity index (χ3v) is 4.63. The van der Waals surface area contributed by atoms with E-state index >= 15 is 0 Å². The number of benzene rings is 2. The maximum atomic E-state index is 12.2. The number of ether oxygens (including phenoxy) is 2. The van der Waals surface area contributed by atoms with Gasteiger partial charge in [-0.1, -0.05) is 12.1 Å². The minimum atomic E-state index is -0.200. The molecular weight excluding hydrogens is 316 g/mol. The fourth-order valence-corrected chi connectivity index (χ4v) is 3.38. The minimum Gasteiger partial charge on any atom is -0.493 e. The Morgan fingerprint density at radius 2 is 1.80 bits per heavy atom. The van der Waals surface area contributed by atoms with Crippen molar-refractivity contribution >= 4 is 5.91 Å². The molecule has 0 spiro atoms. The third-order valence-electron chi connectivity index (χ3n) is 4.63. The van der Waals surface area contributed by atoms with Gasteiger partial charge in [-0.2, -0.15) is 5.26 Å². The number of nitrogens with zero attached hydrogens (tertiary/aromatic N) is 2. The third kappa shape index (κ3) is 3.03. The molecule has 1 aliphatic rings. The summed E-state index contributed by atoms with van der Waals surface area (Å²) in [5, 5.41) is 9.02. The molecule has 0 saturated heterocycles. The van der Waals surface area contributed by atoms with Crippen LogP contribution in [0.1, 0.15) is 35.2 Å². The molecule has 3 rings (SSSR count). The summed E-state index contributed by atoms with van der Waals surface area (Å²) in [4.78, 5) is 14.1. The van der Waals surface area contributed by atoms with Crippen LogP contribution in [0.4, 0.5) is 0 Å². The zero-order valence-corrected chi connectivity index (χ0v) is 14.6. The van der Waals surface area contributed by atoms with E-state index in [0.29, 0.717) is 23.6 Å². The molecule has 25 heavy (non-hydrogen) atoms. The molecule has 1 atom stereocenters. The van der Waals surface area contributed by atoms with Gasteiger partial charge in [0.1, 0.15) is 0 Å². The van der Waals surface area contributed by atoms with Crippen molar-refractivity contribution in [2.75, 3.05) is 20.8 Å². The number of amides is 1. The predicted octanol–water partition coefficient (Wildman–Crippen LogP) is 3.07. The van der Waals surface area contributed by atoms with Gasteiger partial charge in [0.25, 0.3) is 0 Å². The molecule has 0 bridgehead atoms. The van der Waals surface area contributed by atoms with Gasteiger partial charge in [0.05, 0.1) is 31.9 Å². The van der Waals surface area contributed by atoms with Gasteiger partial charge in [-0.05, 0) is 47.4 Å². The highest BCUT2D eigenvalue weighted by molar-refractivity contribution is 5.75. The highest BCUT2D eigenvalue weighted by atomic mass is 16.5. The fraction of sp³-hybridized carbons (Fsp3) is 0.300. The lowest BCUT2D eigenvalue weighted by atomic mass is 9.87. The minimum absolute atomic E-state index is 0.0230. The molecule has 1 heterocycles. The van der Waals surface area contributed by atoms with Gasteiger partial charge in [-0.25, -0.2) is 0 Å². The molecule has 128 valence electrons. The monoisotopic (exact) mass is 336 g/mol. The van der Waals surface area contributed by atoms with Crippen LogP contribution in [0, 0.1) is 11.3 Å². The summed E-state index contributed by atoms with van der Waals surface area (Å²) in [6.07, 6.45) is 0.766. The number of rotatable bonds is 3. The van der Waals surface area contributed by atoms with Crippen LogP contribution < -0.4 is 9.47 Å². The van der Waals surface area contributed by atoms with Crippen molar-refractivity contribution in [3.8, 4) is 17.6 Å². The highest BCUT2D eigenvalue weighted by Crippen LogP contribution is 2.41. The molecule has 2 aromatic carbocycles. The molecule has 1 unspecified atom stereocenters. The molecular formula is C20H20N2O3. The number of nitriles is 1.